The zero-order valence-electron chi connectivity index (χ0n) is 18.9. The third-order valence-electron chi connectivity index (χ3n) is 6.55. The molecule has 7 nitrogen and oxygen atoms in total. The number of aryl methyl sites for hydroxylation is 1. The van der Waals surface area contributed by atoms with Crippen LogP contribution in [0, 0.1) is 6.92 Å². The second kappa shape index (κ2) is 9.30. The molecule has 5 rings (SSSR count). The second-order valence-electron chi connectivity index (χ2n) is 8.72. The van der Waals surface area contributed by atoms with E-state index in [1.54, 1.807) is 0 Å². The minimum Gasteiger partial charge on any atom is -0.373 e. The number of nitrogens with zero attached hydrogens (tertiary/aromatic N) is 5. The number of aromatic nitrogens is 2. The summed E-state index contributed by atoms with van der Waals surface area (Å²) in [6, 6.07) is 15.3. The maximum Gasteiger partial charge on any atom is 0.193 e. The number of ether oxygens (including phenoxy) is 1. The van der Waals surface area contributed by atoms with E-state index >= 15 is 0 Å². The molecule has 0 bridgehead atoms. The number of benzene rings is 1. The van der Waals surface area contributed by atoms with Crippen molar-refractivity contribution in [3.63, 3.8) is 0 Å². The largest absolute Gasteiger partial charge is 0.373 e. The average Bonchev–Trinajstić information content (AvgIpc) is 3.43. The Balaban J connectivity index is 1.19. The monoisotopic (exact) mass is 432 g/mol. The number of rotatable bonds is 5. The SMILES string of the molecule is CN=C(NCCc1cn2cccc(C)c2n1)N1CC2OCCN(Cc3ccccc3)C2C1. The van der Waals surface area contributed by atoms with E-state index in [4.69, 9.17) is 9.72 Å². The van der Waals surface area contributed by atoms with Crippen molar-refractivity contribution in [2.75, 3.05) is 39.8 Å². The fraction of sp³-hybridized carbons (Fsp3) is 0.440. The Morgan fingerprint density at radius 3 is 2.88 bits per heavy atom. The molecule has 2 saturated heterocycles. The summed E-state index contributed by atoms with van der Waals surface area (Å²) in [6.07, 6.45) is 5.26. The fourth-order valence-electron chi connectivity index (χ4n) is 4.91. The van der Waals surface area contributed by atoms with Crippen LogP contribution < -0.4 is 5.32 Å². The molecule has 32 heavy (non-hydrogen) atoms. The normalized spacial score (nSPS) is 21.8. The third kappa shape index (κ3) is 4.36. The van der Waals surface area contributed by atoms with Crippen molar-refractivity contribution in [3.8, 4) is 0 Å². The number of fused-ring (bicyclic) bond motifs is 2. The molecule has 4 heterocycles. The predicted octanol–water partition coefficient (Wildman–Crippen LogP) is 2.35. The molecule has 0 aliphatic carbocycles. The summed E-state index contributed by atoms with van der Waals surface area (Å²) in [5.74, 6) is 0.947. The number of guanidine groups is 1. The molecule has 168 valence electrons. The molecule has 0 saturated carbocycles. The Morgan fingerprint density at radius 2 is 2.06 bits per heavy atom. The van der Waals surface area contributed by atoms with Crippen LogP contribution in [0.2, 0.25) is 0 Å². The quantitative estimate of drug-likeness (QED) is 0.496. The molecule has 2 fully saturated rings. The molecule has 7 heteroatoms. The van der Waals surface area contributed by atoms with Gasteiger partial charge in [0, 0.05) is 58.6 Å². The lowest BCUT2D eigenvalue weighted by atomic mass is 10.1. The van der Waals surface area contributed by atoms with Gasteiger partial charge >= 0.3 is 0 Å². The van der Waals surface area contributed by atoms with E-state index in [2.05, 4.69) is 86.3 Å². The van der Waals surface area contributed by atoms with E-state index < -0.39 is 0 Å². The summed E-state index contributed by atoms with van der Waals surface area (Å²) >= 11 is 0. The molecule has 2 aromatic heterocycles. The molecule has 1 aromatic carbocycles. The highest BCUT2D eigenvalue weighted by atomic mass is 16.5. The molecular formula is C25H32N6O. The van der Waals surface area contributed by atoms with E-state index in [9.17, 15) is 0 Å². The van der Waals surface area contributed by atoms with Gasteiger partial charge in [-0.3, -0.25) is 9.89 Å². The van der Waals surface area contributed by atoms with Crippen LogP contribution >= 0.6 is 0 Å². The van der Waals surface area contributed by atoms with Gasteiger partial charge in [-0.15, -0.1) is 0 Å². The number of pyridine rings is 1. The van der Waals surface area contributed by atoms with Crippen molar-refractivity contribution in [1.82, 2.24) is 24.5 Å². The first-order valence-electron chi connectivity index (χ1n) is 11.5. The van der Waals surface area contributed by atoms with Crippen molar-refractivity contribution in [2.45, 2.75) is 32.0 Å². The summed E-state index contributed by atoms with van der Waals surface area (Å²) in [4.78, 5) is 14.2. The first-order chi connectivity index (χ1) is 15.7. The molecule has 2 unspecified atom stereocenters. The lowest BCUT2D eigenvalue weighted by Gasteiger charge is -2.36. The van der Waals surface area contributed by atoms with E-state index in [0.29, 0.717) is 6.04 Å². The van der Waals surface area contributed by atoms with E-state index in [1.807, 2.05) is 7.05 Å². The van der Waals surface area contributed by atoms with Crippen molar-refractivity contribution < 1.29 is 4.74 Å². The van der Waals surface area contributed by atoms with Gasteiger partial charge in [0.2, 0.25) is 0 Å². The van der Waals surface area contributed by atoms with Gasteiger partial charge in [-0.2, -0.15) is 0 Å². The smallest absolute Gasteiger partial charge is 0.193 e. The Labute approximate surface area is 189 Å². The molecule has 1 N–H and O–H groups in total. The number of imidazole rings is 1. The number of aliphatic imine (C=N–C) groups is 1. The van der Waals surface area contributed by atoms with Crippen LogP contribution in [0.15, 0.2) is 59.9 Å². The number of morpholine rings is 1. The second-order valence-corrected chi connectivity index (χ2v) is 8.72. The Morgan fingerprint density at radius 1 is 1.19 bits per heavy atom. The van der Waals surface area contributed by atoms with Gasteiger partial charge in [-0.25, -0.2) is 4.98 Å². The molecule has 2 aliphatic rings. The maximum atomic E-state index is 6.13. The van der Waals surface area contributed by atoms with Crippen LogP contribution in [0.5, 0.6) is 0 Å². The van der Waals surface area contributed by atoms with Crippen LogP contribution in [0.25, 0.3) is 5.65 Å². The molecule has 0 spiro atoms. The van der Waals surface area contributed by atoms with Crippen molar-refractivity contribution in [2.24, 2.45) is 4.99 Å². The fourth-order valence-corrected chi connectivity index (χ4v) is 4.91. The minimum atomic E-state index is 0.229. The van der Waals surface area contributed by atoms with Gasteiger partial charge < -0.3 is 19.4 Å². The maximum absolute atomic E-state index is 6.13. The molecular weight excluding hydrogens is 400 g/mol. The highest BCUT2D eigenvalue weighted by Gasteiger charge is 2.41. The molecule has 2 aliphatic heterocycles. The first-order valence-corrected chi connectivity index (χ1v) is 11.5. The zero-order valence-corrected chi connectivity index (χ0v) is 18.9. The van der Waals surface area contributed by atoms with Gasteiger partial charge in [0.15, 0.2) is 5.96 Å². The third-order valence-corrected chi connectivity index (χ3v) is 6.55. The van der Waals surface area contributed by atoms with Crippen LogP contribution in [-0.2, 0) is 17.7 Å². The first kappa shape index (κ1) is 21.0. The number of nitrogens with one attached hydrogen (secondary N) is 1. The molecule has 3 aromatic rings. The predicted molar refractivity (Wildman–Crippen MR) is 127 cm³/mol. The number of hydrogen-bond acceptors (Lipinski definition) is 4. The van der Waals surface area contributed by atoms with Crippen LogP contribution in [-0.4, -0.2) is 77.1 Å². The summed E-state index contributed by atoms with van der Waals surface area (Å²) in [5.41, 5.74) is 4.68. The van der Waals surface area contributed by atoms with Gasteiger partial charge in [0.1, 0.15) is 5.65 Å². The highest BCUT2D eigenvalue weighted by molar-refractivity contribution is 5.80. The summed E-state index contributed by atoms with van der Waals surface area (Å²) in [7, 11) is 1.86. The van der Waals surface area contributed by atoms with Gasteiger partial charge in [-0.1, -0.05) is 36.4 Å². The summed E-state index contributed by atoms with van der Waals surface area (Å²) in [5, 5.41) is 3.55. The summed E-state index contributed by atoms with van der Waals surface area (Å²) in [6.45, 7) is 7.45. The van der Waals surface area contributed by atoms with Gasteiger partial charge in [0.05, 0.1) is 24.4 Å². The highest BCUT2D eigenvalue weighted by Crippen LogP contribution is 2.24. The Hall–Kier alpha value is -2.90. The Kier molecular flexibility index (Phi) is 6.10. The van der Waals surface area contributed by atoms with E-state index in [0.717, 1.165) is 63.1 Å². The van der Waals surface area contributed by atoms with Crippen molar-refractivity contribution in [3.05, 3.63) is 71.7 Å². The average molecular weight is 433 g/mol. The van der Waals surface area contributed by atoms with Gasteiger partial charge in [0.25, 0.3) is 0 Å². The lowest BCUT2D eigenvalue weighted by Crippen LogP contribution is -2.50. The van der Waals surface area contributed by atoms with E-state index in [1.165, 1.54) is 11.1 Å². The molecule has 0 amide bonds. The van der Waals surface area contributed by atoms with Crippen LogP contribution in [0.4, 0.5) is 0 Å². The topological polar surface area (TPSA) is 57.4 Å². The van der Waals surface area contributed by atoms with Crippen molar-refractivity contribution >= 4 is 11.6 Å². The van der Waals surface area contributed by atoms with Gasteiger partial charge in [-0.05, 0) is 24.1 Å². The van der Waals surface area contributed by atoms with Crippen molar-refractivity contribution in [1.29, 1.82) is 0 Å². The molecule has 2 atom stereocenters. The standard InChI is InChI=1S/C25H32N6O/c1-19-7-6-12-30-16-21(28-24(19)30)10-11-27-25(26-2)31-17-22-23(18-31)32-14-13-29(22)15-20-8-4-3-5-9-20/h3-9,12,16,22-23H,10-11,13-15,17-18H2,1-2H3,(H,26,27). The number of likely N-dealkylation sites (tertiary alicyclic amines) is 1. The molecule has 0 radical (unpaired) electrons. The van der Waals surface area contributed by atoms with Crippen LogP contribution in [0.1, 0.15) is 16.8 Å². The van der Waals surface area contributed by atoms with E-state index in [-0.39, 0.29) is 6.10 Å². The number of hydrogen-bond donors (Lipinski definition) is 1. The van der Waals surface area contributed by atoms with Crippen LogP contribution in [0.3, 0.4) is 0 Å². The summed E-state index contributed by atoms with van der Waals surface area (Å²) < 4.78 is 8.24. The Bertz CT molecular complexity index is 1080. The minimum absolute atomic E-state index is 0.229. The zero-order chi connectivity index (χ0) is 21.9. The lowest BCUT2D eigenvalue weighted by molar-refractivity contribution is -0.0502.